The topological polar surface area (TPSA) is 66.4 Å². The molecule has 0 aliphatic heterocycles. The van der Waals surface area contributed by atoms with E-state index in [1.165, 1.54) is 0 Å². The van der Waals surface area contributed by atoms with Gasteiger partial charge in [0.05, 0.1) is 0 Å². The number of carbonyl (C=O) groups excluding carboxylic acids is 1. The van der Waals surface area contributed by atoms with E-state index in [1.54, 1.807) is 0 Å². The van der Waals surface area contributed by atoms with Gasteiger partial charge in [-0.2, -0.15) is 0 Å². The predicted octanol–water partition coefficient (Wildman–Crippen LogP) is 1.40. The Kier molecular flexibility index (Phi) is 2.68. The fourth-order valence-electron chi connectivity index (χ4n) is 2.10. The van der Waals surface area contributed by atoms with Gasteiger partial charge in [0, 0.05) is 5.92 Å². The van der Waals surface area contributed by atoms with Crippen molar-refractivity contribution >= 4 is 11.9 Å². The van der Waals surface area contributed by atoms with Crippen LogP contribution in [-0.2, 0) is 9.59 Å². The molecule has 0 saturated heterocycles. The van der Waals surface area contributed by atoms with Crippen molar-refractivity contribution in [3.05, 3.63) is 0 Å². The predicted molar refractivity (Wildman–Crippen MR) is 58.8 cm³/mol. The SMILES string of the molecule is CC1(C)CC1C(=O)NC(CC1CC1)C(=O)O. The van der Waals surface area contributed by atoms with Crippen molar-refractivity contribution in [2.75, 3.05) is 0 Å². The first-order valence-electron chi connectivity index (χ1n) is 5.93. The summed E-state index contributed by atoms with van der Waals surface area (Å²) in [5.41, 5.74) is 0.0622. The molecule has 2 rings (SSSR count). The highest BCUT2D eigenvalue weighted by Gasteiger charge is 2.51. The third-order valence-electron chi connectivity index (χ3n) is 3.71. The molecule has 0 aromatic rings. The molecule has 0 aromatic carbocycles. The van der Waals surface area contributed by atoms with Crippen molar-refractivity contribution in [3.8, 4) is 0 Å². The minimum atomic E-state index is -0.904. The molecular formula is C12H19NO3. The number of carboxylic acid groups (broad SMARTS) is 1. The van der Waals surface area contributed by atoms with E-state index in [2.05, 4.69) is 5.32 Å². The molecule has 2 aliphatic rings. The largest absolute Gasteiger partial charge is 0.480 e. The van der Waals surface area contributed by atoms with Gasteiger partial charge in [-0.25, -0.2) is 4.79 Å². The van der Waals surface area contributed by atoms with Crippen LogP contribution in [0.25, 0.3) is 0 Å². The van der Waals surface area contributed by atoms with Crippen LogP contribution in [0.15, 0.2) is 0 Å². The molecular weight excluding hydrogens is 206 g/mol. The van der Waals surface area contributed by atoms with E-state index in [-0.39, 0.29) is 17.2 Å². The van der Waals surface area contributed by atoms with Gasteiger partial charge in [0.15, 0.2) is 0 Å². The second-order valence-corrected chi connectivity index (χ2v) is 5.82. The molecule has 2 aliphatic carbocycles. The molecule has 1 amide bonds. The number of aliphatic carboxylic acids is 1. The third kappa shape index (κ3) is 2.54. The van der Waals surface area contributed by atoms with E-state index in [4.69, 9.17) is 5.11 Å². The van der Waals surface area contributed by atoms with Crippen molar-refractivity contribution in [1.29, 1.82) is 0 Å². The number of amides is 1. The van der Waals surface area contributed by atoms with Gasteiger partial charge in [-0.1, -0.05) is 26.7 Å². The first kappa shape index (κ1) is 11.4. The van der Waals surface area contributed by atoms with Gasteiger partial charge < -0.3 is 10.4 Å². The van der Waals surface area contributed by atoms with Crippen molar-refractivity contribution in [2.45, 2.75) is 45.6 Å². The highest BCUT2D eigenvalue weighted by atomic mass is 16.4. The van der Waals surface area contributed by atoms with Crippen LogP contribution in [0.2, 0.25) is 0 Å². The van der Waals surface area contributed by atoms with E-state index in [1.807, 2.05) is 13.8 Å². The summed E-state index contributed by atoms with van der Waals surface area (Å²) >= 11 is 0. The van der Waals surface area contributed by atoms with Gasteiger partial charge in [0.2, 0.25) is 5.91 Å². The molecule has 2 N–H and O–H groups in total. The maximum Gasteiger partial charge on any atom is 0.326 e. The zero-order valence-electron chi connectivity index (χ0n) is 9.82. The first-order chi connectivity index (χ1) is 7.40. The second kappa shape index (κ2) is 3.75. The van der Waals surface area contributed by atoms with Crippen molar-refractivity contribution in [2.24, 2.45) is 17.3 Å². The summed E-state index contributed by atoms with van der Waals surface area (Å²) in [5, 5.41) is 11.7. The summed E-state index contributed by atoms with van der Waals surface area (Å²) in [4.78, 5) is 22.8. The third-order valence-corrected chi connectivity index (χ3v) is 3.71. The summed E-state index contributed by atoms with van der Waals surface area (Å²) in [7, 11) is 0. The average molecular weight is 225 g/mol. The lowest BCUT2D eigenvalue weighted by molar-refractivity contribution is -0.142. The fourth-order valence-corrected chi connectivity index (χ4v) is 2.10. The van der Waals surface area contributed by atoms with Crippen LogP contribution in [0.5, 0.6) is 0 Å². The molecule has 0 heterocycles. The van der Waals surface area contributed by atoms with Crippen molar-refractivity contribution < 1.29 is 14.7 Å². The van der Waals surface area contributed by atoms with Gasteiger partial charge in [-0.15, -0.1) is 0 Å². The summed E-state index contributed by atoms with van der Waals surface area (Å²) in [5.74, 6) is -0.473. The molecule has 0 bridgehead atoms. The molecule has 2 atom stereocenters. The molecule has 16 heavy (non-hydrogen) atoms. The number of hydrogen-bond donors (Lipinski definition) is 2. The van der Waals surface area contributed by atoms with Crippen molar-refractivity contribution in [1.82, 2.24) is 5.32 Å². The quantitative estimate of drug-likeness (QED) is 0.743. The highest BCUT2D eigenvalue weighted by Crippen LogP contribution is 2.51. The minimum Gasteiger partial charge on any atom is -0.480 e. The monoisotopic (exact) mass is 225 g/mol. The fraction of sp³-hybridized carbons (Fsp3) is 0.833. The molecule has 2 saturated carbocycles. The van der Waals surface area contributed by atoms with E-state index < -0.39 is 12.0 Å². The Morgan fingerprint density at radius 3 is 2.38 bits per heavy atom. The van der Waals surface area contributed by atoms with Gasteiger partial charge in [0.1, 0.15) is 6.04 Å². The number of rotatable bonds is 5. The number of hydrogen-bond acceptors (Lipinski definition) is 2. The van der Waals surface area contributed by atoms with Gasteiger partial charge in [0.25, 0.3) is 0 Å². The summed E-state index contributed by atoms with van der Waals surface area (Å²) in [6.07, 6.45) is 3.67. The highest BCUT2D eigenvalue weighted by molar-refractivity contribution is 5.87. The molecule has 2 fully saturated rings. The lowest BCUT2D eigenvalue weighted by Crippen LogP contribution is -2.42. The average Bonchev–Trinajstić information content (AvgIpc) is 3.03. The molecule has 4 nitrogen and oxygen atoms in total. The maximum absolute atomic E-state index is 11.8. The minimum absolute atomic E-state index is 0.00792. The van der Waals surface area contributed by atoms with Crippen LogP contribution >= 0.6 is 0 Å². The number of carbonyl (C=O) groups is 2. The Labute approximate surface area is 95.4 Å². The van der Waals surface area contributed by atoms with Crippen LogP contribution in [0, 0.1) is 17.3 Å². The van der Waals surface area contributed by atoms with Crippen LogP contribution < -0.4 is 5.32 Å². The summed E-state index contributed by atoms with van der Waals surface area (Å²) < 4.78 is 0. The normalized spacial score (nSPS) is 28.2. The number of carboxylic acids is 1. The zero-order chi connectivity index (χ0) is 11.9. The van der Waals surface area contributed by atoms with E-state index >= 15 is 0 Å². The molecule has 2 unspecified atom stereocenters. The first-order valence-corrected chi connectivity index (χ1v) is 5.93. The summed E-state index contributed by atoms with van der Waals surface area (Å²) in [6, 6.07) is -0.684. The molecule has 4 heteroatoms. The zero-order valence-corrected chi connectivity index (χ0v) is 9.82. The molecule has 0 radical (unpaired) electrons. The Morgan fingerprint density at radius 2 is 2.00 bits per heavy atom. The Balaban J connectivity index is 1.85. The van der Waals surface area contributed by atoms with Gasteiger partial charge in [-0.3, -0.25) is 4.79 Å². The molecule has 0 aromatic heterocycles. The van der Waals surface area contributed by atoms with Crippen LogP contribution in [-0.4, -0.2) is 23.0 Å². The molecule has 90 valence electrons. The lowest BCUT2D eigenvalue weighted by atomic mass is 10.1. The Morgan fingerprint density at radius 1 is 1.44 bits per heavy atom. The van der Waals surface area contributed by atoms with Crippen LogP contribution in [0.4, 0.5) is 0 Å². The van der Waals surface area contributed by atoms with Crippen LogP contribution in [0.1, 0.15) is 39.5 Å². The standard InChI is InChI=1S/C12H19NO3/c1-12(2)6-8(12)10(14)13-9(11(15)16)5-7-3-4-7/h7-9H,3-6H2,1-2H3,(H,13,14)(H,15,16). The van der Waals surface area contributed by atoms with Gasteiger partial charge >= 0.3 is 5.97 Å². The number of nitrogens with one attached hydrogen (secondary N) is 1. The van der Waals surface area contributed by atoms with E-state index in [0.717, 1.165) is 19.3 Å². The van der Waals surface area contributed by atoms with E-state index in [0.29, 0.717) is 12.3 Å². The van der Waals surface area contributed by atoms with Gasteiger partial charge in [-0.05, 0) is 24.2 Å². The Bertz CT molecular complexity index is 320. The maximum atomic E-state index is 11.8. The summed E-state index contributed by atoms with van der Waals surface area (Å²) in [6.45, 7) is 4.07. The van der Waals surface area contributed by atoms with E-state index in [9.17, 15) is 9.59 Å². The smallest absolute Gasteiger partial charge is 0.326 e. The lowest BCUT2D eigenvalue weighted by Gasteiger charge is -2.14. The Hall–Kier alpha value is -1.06. The molecule has 0 spiro atoms. The van der Waals surface area contributed by atoms with Crippen molar-refractivity contribution in [3.63, 3.8) is 0 Å². The second-order valence-electron chi connectivity index (χ2n) is 5.82. The van der Waals surface area contributed by atoms with Crippen LogP contribution in [0.3, 0.4) is 0 Å².